The Kier molecular flexibility index (Phi) is 5.12. The Labute approximate surface area is 126 Å². The molecule has 2 aromatic rings. The molecule has 110 valence electrons. The van der Waals surface area contributed by atoms with E-state index in [1.807, 2.05) is 55.6 Å². The van der Waals surface area contributed by atoms with Crippen molar-refractivity contribution in [2.24, 2.45) is 5.73 Å². The van der Waals surface area contributed by atoms with Crippen LogP contribution in [0.3, 0.4) is 0 Å². The number of carbonyl (C=O) groups excluding carboxylic acids is 1. The molecule has 2 rings (SSSR count). The van der Waals surface area contributed by atoms with Gasteiger partial charge in [-0.05, 0) is 35.2 Å². The second-order valence-electron chi connectivity index (χ2n) is 5.18. The second-order valence-corrected chi connectivity index (χ2v) is 5.18. The third kappa shape index (κ3) is 3.70. The van der Waals surface area contributed by atoms with Gasteiger partial charge in [-0.25, -0.2) is 0 Å². The van der Waals surface area contributed by atoms with Crippen LogP contribution in [0.25, 0.3) is 0 Å². The van der Waals surface area contributed by atoms with Crippen LogP contribution in [-0.2, 0) is 19.5 Å². The van der Waals surface area contributed by atoms with Gasteiger partial charge >= 0.3 is 0 Å². The largest absolute Gasteiger partial charge is 0.337 e. The summed E-state index contributed by atoms with van der Waals surface area (Å²) in [6.45, 7) is 3.16. The molecule has 0 aromatic heterocycles. The smallest absolute Gasteiger partial charge is 0.253 e. The van der Waals surface area contributed by atoms with Gasteiger partial charge in [-0.1, -0.05) is 43.3 Å². The van der Waals surface area contributed by atoms with E-state index in [1.54, 1.807) is 4.90 Å². The van der Waals surface area contributed by atoms with Crippen LogP contribution in [0.1, 0.15) is 34.0 Å². The zero-order valence-corrected chi connectivity index (χ0v) is 12.7. The molecule has 0 radical (unpaired) electrons. The lowest BCUT2D eigenvalue weighted by Crippen LogP contribution is -2.26. The molecule has 0 aliphatic carbocycles. The molecule has 21 heavy (non-hydrogen) atoms. The second kappa shape index (κ2) is 7.04. The summed E-state index contributed by atoms with van der Waals surface area (Å²) >= 11 is 0. The molecule has 0 aliphatic heterocycles. The Morgan fingerprint density at radius 3 is 2.24 bits per heavy atom. The van der Waals surface area contributed by atoms with Crippen molar-refractivity contribution in [2.75, 3.05) is 7.05 Å². The zero-order valence-electron chi connectivity index (χ0n) is 12.7. The number of nitrogens with zero attached hydrogens (tertiary/aromatic N) is 1. The molecule has 0 fully saturated rings. The van der Waals surface area contributed by atoms with Crippen molar-refractivity contribution < 1.29 is 4.79 Å². The van der Waals surface area contributed by atoms with Gasteiger partial charge in [-0.15, -0.1) is 0 Å². The Bertz CT molecular complexity index is 605. The molecular weight excluding hydrogens is 260 g/mol. The molecule has 2 N–H and O–H groups in total. The van der Waals surface area contributed by atoms with Gasteiger partial charge in [0, 0.05) is 25.7 Å². The number of amides is 1. The number of hydrogen-bond donors (Lipinski definition) is 1. The van der Waals surface area contributed by atoms with Gasteiger partial charge in [0.05, 0.1) is 0 Å². The molecule has 0 saturated heterocycles. The third-order valence-corrected chi connectivity index (χ3v) is 3.70. The summed E-state index contributed by atoms with van der Waals surface area (Å²) in [6.07, 6.45) is 0.980. The van der Waals surface area contributed by atoms with Crippen LogP contribution in [0.4, 0.5) is 0 Å². The highest BCUT2D eigenvalue weighted by molar-refractivity contribution is 5.94. The first-order chi connectivity index (χ1) is 10.2. The lowest BCUT2D eigenvalue weighted by atomic mass is 10.1. The number of carbonyl (C=O) groups is 1. The van der Waals surface area contributed by atoms with Crippen molar-refractivity contribution in [1.82, 2.24) is 4.90 Å². The highest BCUT2D eigenvalue weighted by atomic mass is 16.2. The quantitative estimate of drug-likeness (QED) is 0.916. The van der Waals surface area contributed by atoms with Gasteiger partial charge in [0.15, 0.2) is 0 Å². The maximum atomic E-state index is 12.4. The normalized spacial score (nSPS) is 10.4. The van der Waals surface area contributed by atoms with Crippen LogP contribution in [-0.4, -0.2) is 17.9 Å². The highest BCUT2D eigenvalue weighted by Crippen LogP contribution is 2.13. The van der Waals surface area contributed by atoms with Gasteiger partial charge in [-0.3, -0.25) is 4.79 Å². The summed E-state index contributed by atoms with van der Waals surface area (Å²) in [5.41, 5.74) is 9.88. The van der Waals surface area contributed by atoms with Crippen LogP contribution in [0.5, 0.6) is 0 Å². The van der Waals surface area contributed by atoms with Crippen LogP contribution in [0.15, 0.2) is 48.5 Å². The summed E-state index contributed by atoms with van der Waals surface area (Å²) in [7, 11) is 1.82. The summed E-state index contributed by atoms with van der Waals surface area (Å²) in [6, 6.07) is 15.8. The van der Waals surface area contributed by atoms with Gasteiger partial charge < -0.3 is 10.6 Å². The monoisotopic (exact) mass is 282 g/mol. The van der Waals surface area contributed by atoms with E-state index in [0.29, 0.717) is 13.1 Å². The number of benzene rings is 2. The lowest BCUT2D eigenvalue weighted by Gasteiger charge is -2.19. The molecule has 1 amide bonds. The Morgan fingerprint density at radius 1 is 1.05 bits per heavy atom. The third-order valence-electron chi connectivity index (χ3n) is 3.70. The van der Waals surface area contributed by atoms with E-state index in [9.17, 15) is 4.79 Å². The number of rotatable bonds is 5. The lowest BCUT2D eigenvalue weighted by molar-refractivity contribution is 0.0785. The fourth-order valence-corrected chi connectivity index (χ4v) is 2.34. The number of nitrogens with two attached hydrogens (primary N) is 1. The van der Waals surface area contributed by atoms with Crippen LogP contribution < -0.4 is 5.73 Å². The minimum absolute atomic E-state index is 0.0319. The molecule has 3 heteroatoms. The molecule has 0 heterocycles. The van der Waals surface area contributed by atoms with E-state index in [-0.39, 0.29) is 5.91 Å². The average Bonchev–Trinajstić information content (AvgIpc) is 2.54. The van der Waals surface area contributed by atoms with E-state index in [2.05, 4.69) is 6.92 Å². The molecular formula is C18H22N2O. The fourth-order valence-electron chi connectivity index (χ4n) is 2.34. The van der Waals surface area contributed by atoms with Gasteiger partial charge in [0.25, 0.3) is 5.91 Å². The van der Waals surface area contributed by atoms with E-state index in [4.69, 9.17) is 5.73 Å². The predicted octanol–water partition coefficient (Wildman–Crippen LogP) is 2.98. The molecule has 0 spiro atoms. The predicted molar refractivity (Wildman–Crippen MR) is 86.0 cm³/mol. The average molecular weight is 282 g/mol. The molecule has 0 aliphatic rings. The fraction of sp³-hybridized carbons (Fsp3) is 0.278. The minimum atomic E-state index is 0.0319. The first-order valence-electron chi connectivity index (χ1n) is 7.27. The zero-order chi connectivity index (χ0) is 15.2. The summed E-state index contributed by atoms with van der Waals surface area (Å²) in [5, 5.41) is 0. The van der Waals surface area contributed by atoms with Crippen molar-refractivity contribution in [3.05, 3.63) is 70.8 Å². The van der Waals surface area contributed by atoms with Crippen molar-refractivity contribution >= 4 is 5.91 Å². The Balaban J connectivity index is 2.11. The van der Waals surface area contributed by atoms with E-state index in [0.717, 1.165) is 23.1 Å². The standard InChI is InChI=1S/C18H22N2O/c1-3-14-8-10-15(11-9-14)18(21)20(2)13-17-7-5-4-6-16(17)12-19/h4-11H,3,12-13,19H2,1-2H3. The first kappa shape index (κ1) is 15.3. The van der Waals surface area contributed by atoms with Gasteiger partial charge in [0.1, 0.15) is 0 Å². The minimum Gasteiger partial charge on any atom is -0.337 e. The van der Waals surface area contributed by atoms with E-state index < -0.39 is 0 Å². The van der Waals surface area contributed by atoms with E-state index >= 15 is 0 Å². The number of aryl methyl sites for hydroxylation is 1. The molecule has 2 aromatic carbocycles. The Morgan fingerprint density at radius 2 is 1.67 bits per heavy atom. The highest BCUT2D eigenvalue weighted by Gasteiger charge is 2.13. The molecule has 3 nitrogen and oxygen atoms in total. The van der Waals surface area contributed by atoms with Gasteiger partial charge in [-0.2, -0.15) is 0 Å². The summed E-state index contributed by atoms with van der Waals surface area (Å²) in [4.78, 5) is 14.2. The van der Waals surface area contributed by atoms with E-state index in [1.165, 1.54) is 5.56 Å². The van der Waals surface area contributed by atoms with Crippen LogP contribution >= 0.6 is 0 Å². The van der Waals surface area contributed by atoms with Crippen LogP contribution in [0.2, 0.25) is 0 Å². The molecule has 0 unspecified atom stereocenters. The Hall–Kier alpha value is -2.13. The van der Waals surface area contributed by atoms with Crippen molar-refractivity contribution in [3.63, 3.8) is 0 Å². The maximum Gasteiger partial charge on any atom is 0.253 e. The summed E-state index contributed by atoms with van der Waals surface area (Å²) in [5.74, 6) is 0.0319. The van der Waals surface area contributed by atoms with Crippen molar-refractivity contribution in [2.45, 2.75) is 26.4 Å². The SMILES string of the molecule is CCc1ccc(C(=O)N(C)Cc2ccccc2CN)cc1. The van der Waals surface area contributed by atoms with Crippen LogP contribution in [0, 0.1) is 0 Å². The van der Waals surface area contributed by atoms with Crippen molar-refractivity contribution in [3.8, 4) is 0 Å². The van der Waals surface area contributed by atoms with Crippen molar-refractivity contribution in [1.29, 1.82) is 0 Å². The molecule has 0 atom stereocenters. The first-order valence-corrected chi connectivity index (χ1v) is 7.27. The van der Waals surface area contributed by atoms with Gasteiger partial charge in [0.2, 0.25) is 0 Å². The topological polar surface area (TPSA) is 46.3 Å². The molecule has 0 saturated carbocycles. The maximum absolute atomic E-state index is 12.4. The summed E-state index contributed by atoms with van der Waals surface area (Å²) < 4.78 is 0. The molecule has 0 bridgehead atoms. The number of hydrogen-bond acceptors (Lipinski definition) is 2.